The third-order valence-corrected chi connectivity index (χ3v) is 9.22. The minimum atomic E-state index is -0.695. The van der Waals surface area contributed by atoms with Crippen LogP contribution in [0.25, 0.3) is 0 Å². The Morgan fingerprint density at radius 3 is 2.04 bits per heavy atom. The van der Waals surface area contributed by atoms with Crippen LogP contribution in [0.1, 0.15) is 51.4 Å². The molecule has 8 nitrogen and oxygen atoms in total. The Kier molecular flexibility index (Phi) is 9.50. The van der Waals surface area contributed by atoms with Gasteiger partial charge in [-0.3, -0.25) is 14.4 Å². The van der Waals surface area contributed by atoms with E-state index >= 15 is 0 Å². The maximum absolute atomic E-state index is 12.8. The third-order valence-electron chi connectivity index (χ3n) is 8.37. The Hall–Kier alpha value is -5.54. The summed E-state index contributed by atoms with van der Waals surface area (Å²) in [7, 11) is 0. The lowest BCUT2D eigenvalue weighted by atomic mass is 9.78. The molecule has 0 unspecified atom stereocenters. The first-order valence-corrected chi connectivity index (χ1v) is 16.4. The topological polar surface area (TPSA) is 99.2 Å². The molecule has 0 spiro atoms. The lowest BCUT2D eigenvalue weighted by Crippen LogP contribution is -2.27. The zero-order valence-corrected chi connectivity index (χ0v) is 27.3. The molecule has 4 aromatic carbocycles. The van der Waals surface area contributed by atoms with Crippen molar-refractivity contribution in [1.29, 1.82) is 0 Å². The first-order valence-electron chi connectivity index (χ1n) is 15.5. The number of ether oxygens (including phenoxy) is 3. The zero-order chi connectivity index (χ0) is 33.7. The van der Waals surface area contributed by atoms with Crippen molar-refractivity contribution in [2.24, 2.45) is 5.92 Å². The van der Waals surface area contributed by atoms with E-state index in [1.807, 2.05) is 30.3 Å². The van der Waals surface area contributed by atoms with E-state index < -0.39 is 30.2 Å². The van der Waals surface area contributed by atoms with Gasteiger partial charge in [0.1, 0.15) is 22.1 Å². The summed E-state index contributed by atoms with van der Waals surface area (Å²) in [5, 5.41) is 1.78. The smallest absolute Gasteiger partial charge is 0.353 e. The lowest BCUT2D eigenvalue weighted by Gasteiger charge is -2.26. The van der Waals surface area contributed by atoms with E-state index in [1.165, 1.54) is 51.6 Å². The van der Waals surface area contributed by atoms with Crippen molar-refractivity contribution in [2.45, 2.75) is 25.7 Å². The van der Waals surface area contributed by atoms with Crippen molar-refractivity contribution in [2.75, 3.05) is 18.1 Å². The van der Waals surface area contributed by atoms with Gasteiger partial charge in [0.15, 0.2) is 12.4 Å². The summed E-state index contributed by atoms with van der Waals surface area (Å²) in [5.41, 5.74) is 3.19. The summed E-state index contributed by atoms with van der Waals surface area (Å²) in [6.07, 6.45) is -0.0126. The lowest BCUT2D eigenvalue weighted by molar-refractivity contribution is -0.147. The molecule has 0 radical (unpaired) electrons. The highest BCUT2D eigenvalue weighted by molar-refractivity contribution is 7.12. The summed E-state index contributed by atoms with van der Waals surface area (Å²) in [4.78, 5) is 52.4. The molecular formula is C39H33NO7S. The number of ketones is 1. The number of hydrogen-bond acceptors (Lipinski definition) is 8. The van der Waals surface area contributed by atoms with E-state index in [0.29, 0.717) is 33.4 Å². The molecule has 48 heavy (non-hydrogen) atoms. The molecule has 0 saturated carbocycles. The average molecular weight is 660 g/mol. The number of hydrogen-bond donors (Lipinski definition) is 0. The number of esters is 2. The van der Waals surface area contributed by atoms with Crippen LogP contribution >= 0.6 is 11.3 Å². The van der Waals surface area contributed by atoms with E-state index in [1.54, 1.807) is 41.8 Å². The van der Waals surface area contributed by atoms with Crippen molar-refractivity contribution in [3.8, 4) is 17.2 Å². The molecule has 1 saturated heterocycles. The molecule has 9 heteroatoms. The van der Waals surface area contributed by atoms with Gasteiger partial charge in [-0.15, -0.1) is 11.3 Å². The van der Waals surface area contributed by atoms with Crippen LogP contribution in [0.15, 0.2) is 121 Å². The number of anilines is 1. The Balaban J connectivity index is 0.988. The van der Waals surface area contributed by atoms with Crippen molar-refractivity contribution < 1.29 is 33.4 Å². The van der Waals surface area contributed by atoms with Crippen LogP contribution in [0.2, 0.25) is 0 Å². The van der Waals surface area contributed by atoms with E-state index in [4.69, 9.17) is 14.2 Å². The van der Waals surface area contributed by atoms with E-state index in [2.05, 4.69) is 38.1 Å². The molecule has 5 aromatic rings. The summed E-state index contributed by atoms with van der Waals surface area (Å²) >= 11 is 1.27. The van der Waals surface area contributed by atoms with Gasteiger partial charge in [0.25, 0.3) is 0 Å². The standard InChI is InChI=1S/C39H33NO7S/c1-39(2,28-7-4-3-5-8-28)29-12-18-31(19-13-29)46-32-20-14-30(15-21-32)40-24-27(23-36(40)42)37(43)45-25-34(41)26-10-16-33(17-11-26)47-38(44)35-9-6-22-48-35/h3-22,27H,23-25H2,1-2H3/t27-/m1/s1. The fraction of sp³-hybridized carbons (Fsp3) is 0.179. The van der Waals surface area contributed by atoms with Crippen molar-refractivity contribution in [3.05, 3.63) is 142 Å². The van der Waals surface area contributed by atoms with Crippen molar-refractivity contribution in [3.63, 3.8) is 0 Å². The second kappa shape index (κ2) is 14.1. The summed E-state index contributed by atoms with van der Waals surface area (Å²) in [6.45, 7) is 4.07. The van der Waals surface area contributed by atoms with Crippen LogP contribution in [0.5, 0.6) is 17.2 Å². The van der Waals surface area contributed by atoms with Crippen LogP contribution in [0, 0.1) is 5.92 Å². The number of carbonyl (C=O) groups excluding carboxylic acids is 4. The number of rotatable bonds is 11. The predicted octanol–water partition coefficient (Wildman–Crippen LogP) is 7.86. The monoisotopic (exact) mass is 659 g/mol. The molecule has 2 heterocycles. The summed E-state index contributed by atoms with van der Waals surface area (Å²) < 4.78 is 16.6. The van der Waals surface area contributed by atoms with Gasteiger partial charge < -0.3 is 19.1 Å². The van der Waals surface area contributed by atoms with Gasteiger partial charge in [-0.05, 0) is 83.2 Å². The van der Waals surface area contributed by atoms with Crippen LogP contribution in [0.3, 0.4) is 0 Å². The first-order chi connectivity index (χ1) is 23.2. The molecule has 0 bridgehead atoms. The SMILES string of the molecule is CC(C)(c1ccccc1)c1ccc(Oc2ccc(N3C[C@H](C(=O)OCC(=O)c4ccc(OC(=O)c5cccs5)cc4)CC3=O)cc2)cc1. The molecular weight excluding hydrogens is 626 g/mol. The second-order valence-electron chi connectivity index (χ2n) is 11.9. The van der Waals surface area contributed by atoms with Gasteiger partial charge in [0.05, 0.1) is 5.92 Å². The number of amides is 1. The molecule has 0 aliphatic carbocycles. The fourth-order valence-electron chi connectivity index (χ4n) is 5.51. The molecule has 1 atom stereocenters. The van der Waals surface area contributed by atoms with Gasteiger partial charge in [0.2, 0.25) is 5.91 Å². The van der Waals surface area contributed by atoms with Gasteiger partial charge in [-0.1, -0.05) is 62.4 Å². The Labute approximate surface area is 282 Å². The highest BCUT2D eigenvalue weighted by atomic mass is 32.1. The zero-order valence-electron chi connectivity index (χ0n) is 26.5. The minimum Gasteiger partial charge on any atom is -0.457 e. The Bertz CT molecular complexity index is 1900. The second-order valence-corrected chi connectivity index (χ2v) is 12.9. The first kappa shape index (κ1) is 32.4. The Morgan fingerprint density at radius 1 is 0.771 bits per heavy atom. The normalized spacial score (nSPS) is 14.4. The predicted molar refractivity (Wildman–Crippen MR) is 183 cm³/mol. The quantitative estimate of drug-likeness (QED) is 0.0809. The van der Waals surface area contributed by atoms with E-state index in [-0.39, 0.29) is 24.3 Å². The largest absolute Gasteiger partial charge is 0.457 e. The Morgan fingerprint density at radius 2 is 1.40 bits per heavy atom. The third kappa shape index (κ3) is 7.37. The molecule has 242 valence electrons. The van der Waals surface area contributed by atoms with Gasteiger partial charge >= 0.3 is 11.9 Å². The number of carbonyl (C=O) groups is 4. The number of benzene rings is 4. The highest BCUT2D eigenvalue weighted by Gasteiger charge is 2.36. The van der Waals surface area contributed by atoms with Crippen molar-refractivity contribution in [1.82, 2.24) is 0 Å². The fourth-order valence-corrected chi connectivity index (χ4v) is 6.10. The van der Waals surface area contributed by atoms with Gasteiger partial charge in [-0.2, -0.15) is 0 Å². The summed E-state index contributed by atoms with van der Waals surface area (Å²) in [6, 6.07) is 34.9. The molecule has 6 rings (SSSR count). The van der Waals surface area contributed by atoms with Crippen LogP contribution in [0.4, 0.5) is 5.69 Å². The molecule has 1 fully saturated rings. The van der Waals surface area contributed by atoms with Crippen LogP contribution in [-0.2, 0) is 19.7 Å². The van der Waals surface area contributed by atoms with Crippen molar-refractivity contribution >= 4 is 40.7 Å². The highest BCUT2D eigenvalue weighted by Crippen LogP contribution is 2.34. The van der Waals surface area contributed by atoms with Crippen LogP contribution in [-0.4, -0.2) is 36.8 Å². The summed E-state index contributed by atoms with van der Waals surface area (Å²) in [5.74, 6) is -0.802. The molecule has 1 aromatic heterocycles. The number of nitrogens with zero attached hydrogens (tertiary/aromatic N) is 1. The maximum Gasteiger partial charge on any atom is 0.353 e. The van der Waals surface area contributed by atoms with Crippen LogP contribution < -0.4 is 14.4 Å². The molecule has 0 N–H and O–H groups in total. The average Bonchev–Trinajstić information content (AvgIpc) is 3.79. The number of Topliss-reactive ketones (excluding diaryl/α,β-unsaturated/α-hetero) is 1. The van der Waals surface area contributed by atoms with E-state index in [9.17, 15) is 19.2 Å². The number of thiophene rings is 1. The minimum absolute atomic E-state index is 0.0126. The molecule has 1 aliphatic heterocycles. The van der Waals surface area contributed by atoms with Gasteiger partial charge in [0, 0.05) is 29.6 Å². The molecule has 1 amide bonds. The molecule has 1 aliphatic rings. The maximum atomic E-state index is 12.8. The van der Waals surface area contributed by atoms with Gasteiger partial charge in [-0.25, -0.2) is 4.79 Å². The van der Waals surface area contributed by atoms with E-state index in [0.717, 1.165) is 0 Å².